The zero-order valence-corrected chi connectivity index (χ0v) is 13.1. The minimum atomic E-state index is -2.98. The van der Waals surface area contributed by atoms with E-state index in [9.17, 15) is 8.42 Å². The number of halogens is 1. The summed E-state index contributed by atoms with van der Waals surface area (Å²) in [5.41, 5.74) is 0.973. The molecule has 0 amide bonds. The molecule has 1 aliphatic heterocycles. The van der Waals surface area contributed by atoms with Gasteiger partial charge in [0.25, 0.3) is 0 Å². The van der Waals surface area contributed by atoms with Gasteiger partial charge in [0.1, 0.15) is 6.10 Å². The summed E-state index contributed by atoms with van der Waals surface area (Å²) in [6, 6.07) is 3.63. The van der Waals surface area contributed by atoms with Gasteiger partial charge in [-0.3, -0.25) is 0 Å². The van der Waals surface area contributed by atoms with Crippen molar-refractivity contribution < 1.29 is 17.9 Å². The van der Waals surface area contributed by atoms with Crippen LogP contribution in [0.3, 0.4) is 0 Å². The summed E-state index contributed by atoms with van der Waals surface area (Å²) in [6.45, 7) is 0.661. The van der Waals surface area contributed by atoms with Crippen molar-refractivity contribution >= 4 is 21.4 Å². The van der Waals surface area contributed by atoms with Gasteiger partial charge in [0.15, 0.2) is 21.3 Å². The van der Waals surface area contributed by atoms with Gasteiger partial charge in [-0.15, -0.1) is 0 Å². The van der Waals surface area contributed by atoms with Crippen LogP contribution in [0.25, 0.3) is 0 Å². The van der Waals surface area contributed by atoms with Crippen molar-refractivity contribution in [3.05, 3.63) is 22.7 Å². The molecular formula is C13H18ClNO4S. The Labute approximate surface area is 124 Å². The zero-order valence-electron chi connectivity index (χ0n) is 11.5. The van der Waals surface area contributed by atoms with Crippen LogP contribution < -0.4 is 14.8 Å². The van der Waals surface area contributed by atoms with Crippen molar-refractivity contribution in [1.29, 1.82) is 0 Å². The van der Waals surface area contributed by atoms with Crippen LogP contribution >= 0.6 is 11.6 Å². The van der Waals surface area contributed by atoms with Crippen molar-refractivity contribution in [2.24, 2.45) is 0 Å². The normalized spacial score (nSPS) is 20.9. The molecule has 0 aliphatic carbocycles. The molecule has 1 saturated heterocycles. The smallest absolute Gasteiger partial charge is 0.180 e. The first kappa shape index (κ1) is 15.4. The predicted molar refractivity (Wildman–Crippen MR) is 78.5 cm³/mol. The van der Waals surface area contributed by atoms with Crippen LogP contribution in [0.1, 0.15) is 12.0 Å². The van der Waals surface area contributed by atoms with Gasteiger partial charge in [0.05, 0.1) is 23.6 Å². The number of nitrogens with one attached hydrogen (secondary N) is 1. The molecule has 1 unspecified atom stereocenters. The first-order valence-electron chi connectivity index (χ1n) is 6.33. The summed E-state index contributed by atoms with van der Waals surface area (Å²) in [5, 5.41) is 3.46. The van der Waals surface area contributed by atoms with Gasteiger partial charge >= 0.3 is 0 Å². The van der Waals surface area contributed by atoms with Gasteiger partial charge in [-0.1, -0.05) is 11.6 Å². The first-order valence-corrected chi connectivity index (χ1v) is 8.53. The van der Waals surface area contributed by atoms with Gasteiger partial charge in [0, 0.05) is 6.54 Å². The van der Waals surface area contributed by atoms with E-state index < -0.39 is 9.84 Å². The topological polar surface area (TPSA) is 64.6 Å². The van der Waals surface area contributed by atoms with Gasteiger partial charge in [-0.2, -0.15) is 0 Å². The molecule has 0 spiro atoms. The standard InChI is InChI=1S/C13H18ClNO4S/c1-15-7-9-5-11(14)13(12(6-9)18-2)19-10-3-4-20(16,17)8-10/h5-6,10,15H,3-4,7-8H2,1-2H3. The van der Waals surface area contributed by atoms with E-state index in [-0.39, 0.29) is 17.6 Å². The average Bonchev–Trinajstić information content (AvgIpc) is 2.72. The van der Waals surface area contributed by atoms with Gasteiger partial charge in [-0.25, -0.2) is 8.42 Å². The van der Waals surface area contributed by atoms with E-state index in [0.29, 0.717) is 29.5 Å². The number of ether oxygens (including phenoxy) is 2. The monoisotopic (exact) mass is 319 g/mol. The second-order valence-electron chi connectivity index (χ2n) is 4.78. The fraction of sp³-hybridized carbons (Fsp3) is 0.538. The Bertz CT molecular complexity index is 588. The quantitative estimate of drug-likeness (QED) is 0.893. The lowest BCUT2D eigenvalue weighted by Crippen LogP contribution is -2.18. The molecule has 112 valence electrons. The van der Waals surface area contributed by atoms with Crippen molar-refractivity contribution in [3.63, 3.8) is 0 Å². The third-order valence-corrected chi connectivity index (χ3v) is 5.16. The fourth-order valence-electron chi connectivity index (χ4n) is 2.21. The number of methoxy groups -OCH3 is 1. The van der Waals surface area contributed by atoms with Crippen molar-refractivity contribution in [2.45, 2.75) is 19.1 Å². The molecule has 0 saturated carbocycles. The maximum absolute atomic E-state index is 11.5. The van der Waals surface area contributed by atoms with E-state index in [1.54, 1.807) is 6.07 Å². The lowest BCUT2D eigenvalue weighted by molar-refractivity contribution is 0.218. The molecule has 1 aliphatic rings. The molecule has 0 aromatic heterocycles. The minimum Gasteiger partial charge on any atom is -0.493 e. The molecule has 1 heterocycles. The Hall–Kier alpha value is -0.980. The van der Waals surface area contributed by atoms with Crippen molar-refractivity contribution in [2.75, 3.05) is 25.7 Å². The second kappa shape index (κ2) is 6.20. The number of rotatable bonds is 5. The average molecular weight is 320 g/mol. The summed E-state index contributed by atoms with van der Waals surface area (Å²) in [4.78, 5) is 0. The molecule has 1 N–H and O–H groups in total. The van der Waals surface area contributed by atoms with E-state index in [1.807, 2.05) is 13.1 Å². The van der Waals surface area contributed by atoms with Crippen LogP contribution in [0.2, 0.25) is 5.02 Å². The van der Waals surface area contributed by atoms with E-state index in [4.69, 9.17) is 21.1 Å². The highest BCUT2D eigenvalue weighted by Gasteiger charge is 2.30. The lowest BCUT2D eigenvalue weighted by Gasteiger charge is -2.17. The van der Waals surface area contributed by atoms with Gasteiger partial charge in [-0.05, 0) is 31.2 Å². The van der Waals surface area contributed by atoms with Crippen LogP contribution in [0.5, 0.6) is 11.5 Å². The fourth-order valence-corrected chi connectivity index (χ4v) is 4.08. The van der Waals surface area contributed by atoms with E-state index in [2.05, 4.69) is 5.32 Å². The van der Waals surface area contributed by atoms with Crippen LogP contribution in [-0.2, 0) is 16.4 Å². The molecule has 0 radical (unpaired) electrons. The Morgan fingerprint density at radius 3 is 2.75 bits per heavy atom. The zero-order chi connectivity index (χ0) is 14.8. The number of hydrogen-bond donors (Lipinski definition) is 1. The Morgan fingerprint density at radius 2 is 2.20 bits per heavy atom. The molecule has 5 nitrogen and oxygen atoms in total. The number of hydrogen-bond acceptors (Lipinski definition) is 5. The third-order valence-electron chi connectivity index (χ3n) is 3.15. The van der Waals surface area contributed by atoms with Crippen molar-refractivity contribution in [1.82, 2.24) is 5.32 Å². The van der Waals surface area contributed by atoms with Crippen molar-refractivity contribution in [3.8, 4) is 11.5 Å². The summed E-state index contributed by atoms with van der Waals surface area (Å²) in [5.74, 6) is 1.13. The molecule has 1 aromatic rings. The van der Waals surface area contributed by atoms with E-state index in [0.717, 1.165) is 5.56 Å². The molecule has 0 bridgehead atoms. The Morgan fingerprint density at radius 1 is 1.45 bits per heavy atom. The maximum atomic E-state index is 11.5. The highest BCUT2D eigenvalue weighted by atomic mass is 35.5. The van der Waals surface area contributed by atoms with E-state index in [1.165, 1.54) is 7.11 Å². The van der Waals surface area contributed by atoms with E-state index >= 15 is 0 Å². The van der Waals surface area contributed by atoms with Gasteiger partial charge < -0.3 is 14.8 Å². The molecule has 2 rings (SSSR count). The molecule has 7 heteroatoms. The SMILES string of the molecule is CNCc1cc(Cl)c(OC2CCS(=O)(=O)C2)c(OC)c1. The highest BCUT2D eigenvalue weighted by Crippen LogP contribution is 2.38. The molecule has 1 fully saturated rings. The molecule has 1 aromatic carbocycles. The Kier molecular flexibility index (Phi) is 4.78. The number of benzene rings is 1. The van der Waals surface area contributed by atoms with Crippen LogP contribution in [0.4, 0.5) is 0 Å². The Balaban J connectivity index is 2.23. The highest BCUT2D eigenvalue weighted by molar-refractivity contribution is 7.91. The molecule has 1 atom stereocenters. The summed E-state index contributed by atoms with van der Waals surface area (Å²) >= 11 is 6.22. The first-order chi connectivity index (χ1) is 9.45. The maximum Gasteiger partial charge on any atom is 0.180 e. The summed E-state index contributed by atoms with van der Waals surface area (Å²) in [7, 11) is 0.393. The van der Waals surface area contributed by atoms with Gasteiger partial charge in [0.2, 0.25) is 0 Å². The summed E-state index contributed by atoms with van der Waals surface area (Å²) < 4.78 is 33.9. The third kappa shape index (κ3) is 3.56. The predicted octanol–water partition coefficient (Wildman–Crippen LogP) is 1.63. The number of sulfone groups is 1. The summed E-state index contributed by atoms with van der Waals surface area (Å²) in [6.07, 6.45) is 0.127. The largest absolute Gasteiger partial charge is 0.493 e. The second-order valence-corrected chi connectivity index (χ2v) is 7.42. The van der Waals surface area contributed by atoms with Crippen LogP contribution in [0, 0.1) is 0 Å². The van der Waals surface area contributed by atoms with Crippen LogP contribution in [-0.4, -0.2) is 40.2 Å². The lowest BCUT2D eigenvalue weighted by atomic mass is 10.2. The minimum absolute atomic E-state index is 0.0325. The molecule has 20 heavy (non-hydrogen) atoms. The van der Waals surface area contributed by atoms with Crippen LogP contribution in [0.15, 0.2) is 12.1 Å². The molecular weight excluding hydrogens is 302 g/mol.